The topological polar surface area (TPSA) is 133 Å². The maximum atomic E-state index is 14.0. The Kier molecular flexibility index (Phi) is 4.73. The van der Waals surface area contributed by atoms with Gasteiger partial charge in [-0.05, 0) is 37.0 Å². The first-order valence-electron chi connectivity index (χ1n) is 12.6. The number of ether oxygens (including phenoxy) is 3. The van der Waals surface area contributed by atoms with Crippen molar-refractivity contribution in [3.8, 4) is 17.2 Å². The molecule has 2 aliphatic carbocycles. The molecule has 10 heteroatoms. The van der Waals surface area contributed by atoms with Crippen LogP contribution in [0.25, 0.3) is 16.5 Å². The number of methoxy groups -OCH3 is 2. The molecular formula is C29H23NO9. The highest BCUT2D eigenvalue weighted by Crippen LogP contribution is 2.48. The van der Waals surface area contributed by atoms with Crippen molar-refractivity contribution >= 4 is 34.0 Å². The van der Waals surface area contributed by atoms with Gasteiger partial charge in [-0.1, -0.05) is 6.07 Å². The number of phenols is 1. The number of fused-ring (bicyclic) bond motifs is 6. The van der Waals surface area contributed by atoms with Gasteiger partial charge in [0.05, 0.1) is 31.8 Å². The number of allylic oxidation sites excluding steroid dienone is 2. The van der Waals surface area contributed by atoms with Crippen molar-refractivity contribution in [1.29, 1.82) is 0 Å². The molecule has 0 bridgehead atoms. The Morgan fingerprint density at radius 2 is 1.67 bits per heavy atom. The third-order valence-electron chi connectivity index (χ3n) is 8.27. The van der Waals surface area contributed by atoms with Crippen molar-refractivity contribution in [2.45, 2.75) is 31.9 Å². The quantitative estimate of drug-likeness (QED) is 0.532. The van der Waals surface area contributed by atoms with Gasteiger partial charge in [0.25, 0.3) is 5.91 Å². The van der Waals surface area contributed by atoms with E-state index in [0.29, 0.717) is 42.9 Å². The normalized spacial score (nSPS) is 21.4. The fourth-order valence-corrected chi connectivity index (χ4v) is 6.42. The minimum atomic E-state index is -0.802. The molecule has 39 heavy (non-hydrogen) atoms. The molecule has 1 aromatic heterocycles. The number of carbonyl (C=O) groups is 3. The van der Waals surface area contributed by atoms with E-state index in [1.807, 2.05) is 13.0 Å². The molecule has 0 saturated carbocycles. The van der Waals surface area contributed by atoms with Crippen LogP contribution in [-0.4, -0.2) is 60.6 Å². The third-order valence-corrected chi connectivity index (χ3v) is 8.27. The molecule has 1 saturated heterocycles. The maximum Gasteiger partial charge on any atom is 0.260 e. The van der Waals surface area contributed by atoms with Crippen molar-refractivity contribution in [3.05, 3.63) is 67.6 Å². The van der Waals surface area contributed by atoms with Crippen molar-refractivity contribution in [1.82, 2.24) is 4.90 Å². The first kappa shape index (κ1) is 23.7. The van der Waals surface area contributed by atoms with Crippen LogP contribution in [0.3, 0.4) is 0 Å². The SMILES string of the molecule is COc1cc2oc3c(c(=O)c2cc1OC)C(=O)C1=C(CCc2cc4c(c(O)c21)C(=O)N1CCOC1(C)C4)C3=O. The number of aryl methyl sites for hydroxylation is 1. The molecule has 1 N–H and O–H groups in total. The zero-order chi connectivity index (χ0) is 27.4. The number of rotatable bonds is 2. The molecule has 2 aliphatic heterocycles. The second-order valence-electron chi connectivity index (χ2n) is 10.3. The standard InChI is InChI=1S/C29H23NO9/c1-29-11-13-8-12-4-5-14-21(19(12)25(33)20(13)28(35)30(29)6-7-38-29)26(34)22-23(31)15-9-17(36-2)18(37-3)10-16(15)39-27(22)24(14)32/h8-10,33H,4-7,11H2,1-3H3. The molecule has 4 aliphatic rings. The van der Waals surface area contributed by atoms with Gasteiger partial charge < -0.3 is 28.6 Å². The molecule has 3 aromatic rings. The molecule has 3 heterocycles. The van der Waals surface area contributed by atoms with Crippen molar-refractivity contribution in [2.24, 2.45) is 0 Å². The number of nitrogens with zero attached hydrogens (tertiary/aromatic N) is 1. The van der Waals surface area contributed by atoms with Gasteiger partial charge in [0.15, 0.2) is 17.3 Å². The number of ketones is 2. The summed E-state index contributed by atoms with van der Waals surface area (Å²) in [6, 6.07) is 4.65. The van der Waals surface area contributed by atoms with Crippen molar-refractivity contribution in [2.75, 3.05) is 27.4 Å². The number of hydrogen-bond donors (Lipinski definition) is 1. The maximum absolute atomic E-state index is 14.0. The molecule has 0 spiro atoms. The van der Waals surface area contributed by atoms with Gasteiger partial charge in [-0.3, -0.25) is 19.2 Å². The highest BCUT2D eigenvalue weighted by atomic mass is 16.5. The molecule has 1 fully saturated rings. The molecule has 1 unspecified atom stereocenters. The van der Waals surface area contributed by atoms with Gasteiger partial charge >= 0.3 is 0 Å². The minimum absolute atomic E-state index is 0.0470. The fraction of sp³-hybridized carbons (Fsp3) is 0.310. The first-order chi connectivity index (χ1) is 18.7. The summed E-state index contributed by atoms with van der Waals surface area (Å²) in [6.07, 6.45) is 0.963. The summed E-state index contributed by atoms with van der Waals surface area (Å²) in [4.78, 5) is 56.3. The number of phenolic OH excluding ortho intramolecular Hbond substituents is 1. The van der Waals surface area contributed by atoms with E-state index in [1.165, 1.54) is 26.4 Å². The Morgan fingerprint density at radius 3 is 2.41 bits per heavy atom. The average Bonchev–Trinajstić information content (AvgIpc) is 3.31. The lowest BCUT2D eigenvalue weighted by atomic mass is 9.74. The van der Waals surface area contributed by atoms with Crippen LogP contribution in [0.5, 0.6) is 17.2 Å². The van der Waals surface area contributed by atoms with E-state index in [2.05, 4.69) is 0 Å². The molecule has 198 valence electrons. The molecule has 0 radical (unpaired) electrons. The number of aromatic hydroxyl groups is 1. The lowest BCUT2D eigenvalue weighted by molar-refractivity contribution is -0.0569. The smallest absolute Gasteiger partial charge is 0.260 e. The summed E-state index contributed by atoms with van der Waals surface area (Å²) in [5.74, 6) is -1.85. The van der Waals surface area contributed by atoms with Gasteiger partial charge in [-0.15, -0.1) is 0 Å². The van der Waals surface area contributed by atoms with E-state index >= 15 is 0 Å². The van der Waals surface area contributed by atoms with Crippen molar-refractivity contribution in [3.63, 3.8) is 0 Å². The lowest BCUT2D eigenvalue weighted by Crippen LogP contribution is -2.51. The predicted molar refractivity (Wildman–Crippen MR) is 137 cm³/mol. The Bertz CT molecular complexity index is 1800. The van der Waals surface area contributed by atoms with E-state index in [4.69, 9.17) is 18.6 Å². The summed E-state index contributed by atoms with van der Waals surface area (Å²) in [6.45, 7) is 2.61. The second kappa shape index (κ2) is 7.79. The van der Waals surface area contributed by atoms with Gasteiger partial charge in [0.1, 0.15) is 22.6 Å². The van der Waals surface area contributed by atoms with E-state index in [9.17, 15) is 24.3 Å². The number of carbonyl (C=O) groups excluding carboxylic acids is 3. The average molecular weight is 530 g/mol. The van der Waals surface area contributed by atoms with Crippen LogP contribution in [0, 0.1) is 0 Å². The number of benzene rings is 2. The second-order valence-corrected chi connectivity index (χ2v) is 10.3. The number of Topliss-reactive ketones (excluding diaryl/α,β-unsaturated/α-hetero) is 2. The van der Waals surface area contributed by atoms with Crippen LogP contribution in [0.1, 0.15) is 61.3 Å². The van der Waals surface area contributed by atoms with Gasteiger partial charge in [-0.25, -0.2) is 0 Å². The third kappa shape index (κ3) is 2.94. The van der Waals surface area contributed by atoms with E-state index in [0.717, 1.165) is 0 Å². The first-order valence-corrected chi connectivity index (χ1v) is 12.6. The Hall–Kier alpha value is -4.44. The van der Waals surface area contributed by atoms with Crippen LogP contribution < -0.4 is 14.9 Å². The molecule has 1 atom stereocenters. The van der Waals surface area contributed by atoms with Crippen LogP contribution in [0.2, 0.25) is 0 Å². The molecule has 2 aromatic carbocycles. The van der Waals surface area contributed by atoms with E-state index < -0.39 is 34.2 Å². The zero-order valence-corrected chi connectivity index (χ0v) is 21.4. The Morgan fingerprint density at radius 1 is 0.923 bits per heavy atom. The predicted octanol–water partition coefficient (Wildman–Crippen LogP) is 3.04. The minimum Gasteiger partial charge on any atom is -0.506 e. The van der Waals surface area contributed by atoms with Crippen molar-refractivity contribution < 1.29 is 38.1 Å². The van der Waals surface area contributed by atoms with Crippen LogP contribution >= 0.6 is 0 Å². The fourth-order valence-electron chi connectivity index (χ4n) is 6.42. The summed E-state index contributed by atoms with van der Waals surface area (Å²) >= 11 is 0. The molecular weight excluding hydrogens is 506 g/mol. The zero-order valence-electron chi connectivity index (χ0n) is 21.4. The summed E-state index contributed by atoms with van der Waals surface area (Å²) < 4.78 is 22.3. The molecule has 10 nitrogen and oxygen atoms in total. The van der Waals surface area contributed by atoms with Gasteiger partial charge in [0, 0.05) is 35.7 Å². The van der Waals surface area contributed by atoms with E-state index in [-0.39, 0.29) is 56.9 Å². The highest BCUT2D eigenvalue weighted by molar-refractivity contribution is 6.41. The van der Waals surface area contributed by atoms with Crippen LogP contribution in [-0.2, 0) is 17.6 Å². The molecule has 7 rings (SSSR count). The van der Waals surface area contributed by atoms with Crippen LogP contribution in [0.4, 0.5) is 0 Å². The summed E-state index contributed by atoms with van der Waals surface area (Å²) in [7, 11) is 2.84. The Balaban J connectivity index is 1.45. The highest BCUT2D eigenvalue weighted by Gasteiger charge is 2.49. The number of hydrogen-bond acceptors (Lipinski definition) is 9. The summed E-state index contributed by atoms with van der Waals surface area (Å²) in [5.41, 5.74) is -0.244. The molecule has 1 amide bonds. The van der Waals surface area contributed by atoms with Gasteiger partial charge in [0.2, 0.25) is 17.0 Å². The Labute approximate surface area is 221 Å². The lowest BCUT2D eigenvalue weighted by Gasteiger charge is -2.39. The monoisotopic (exact) mass is 529 g/mol. The van der Waals surface area contributed by atoms with E-state index in [1.54, 1.807) is 4.90 Å². The largest absolute Gasteiger partial charge is 0.506 e. The van der Waals surface area contributed by atoms with Gasteiger partial charge in [-0.2, -0.15) is 0 Å². The summed E-state index contributed by atoms with van der Waals surface area (Å²) in [5, 5.41) is 11.5. The number of amides is 1. The van der Waals surface area contributed by atoms with Crippen LogP contribution in [0.15, 0.2) is 33.0 Å².